The van der Waals surface area contributed by atoms with Crippen LogP contribution in [0.5, 0.6) is 0 Å². The quantitative estimate of drug-likeness (QED) is 0.693. The molecule has 0 bridgehead atoms. The Morgan fingerprint density at radius 3 is 2.38 bits per heavy atom. The lowest BCUT2D eigenvalue weighted by Gasteiger charge is -2.19. The van der Waals surface area contributed by atoms with Gasteiger partial charge in [0, 0.05) is 13.1 Å². The fraction of sp³-hybridized carbons (Fsp3) is 0.263. The zero-order chi connectivity index (χ0) is 16.9. The number of nitrogens with zero attached hydrogens (tertiary/aromatic N) is 4. The molecule has 0 aliphatic heterocycles. The summed E-state index contributed by atoms with van der Waals surface area (Å²) in [5.74, 6) is -0.253. The molecule has 3 rings (SSSR count). The van der Waals surface area contributed by atoms with E-state index in [4.69, 9.17) is 0 Å². The van der Waals surface area contributed by atoms with Crippen molar-refractivity contribution in [3.63, 3.8) is 0 Å². The van der Waals surface area contributed by atoms with Gasteiger partial charge in [0.05, 0.1) is 11.4 Å². The first-order chi connectivity index (χ1) is 11.7. The molecule has 124 valence electrons. The number of rotatable bonds is 6. The standard InChI is InChI=1S/C19H21FN4/c1-3-23(13-16-7-5-4-6-8-16)14-19-15(2)24(22-21-19)18-11-9-17(20)10-12-18/h4-12H,3,13-14H2,1-2H3. The molecule has 0 saturated heterocycles. The molecule has 4 nitrogen and oxygen atoms in total. The molecule has 24 heavy (non-hydrogen) atoms. The van der Waals surface area contributed by atoms with Gasteiger partial charge in [0.15, 0.2) is 0 Å². The molecule has 0 atom stereocenters. The molecule has 0 spiro atoms. The van der Waals surface area contributed by atoms with Crippen molar-refractivity contribution >= 4 is 0 Å². The molecule has 3 aromatic rings. The zero-order valence-electron chi connectivity index (χ0n) is 14.0. The Labute approximate surface area is 141 Å². The van der Waals surface area contributed by atoms with Gasteiger partial charge >= 0.3 is 0 Å². The molecular formula is C19H21FN4. The molecular weight excluding hydrogens is 303 g/mol. The van der Waals surface area contributed by atoms with Crippen molar-refractivity contribution in [2.24, 2.45) is 0 Å². The highest BCUT2D eigenvalue weighted by atomic mass is 19.1. The van der Waals surface area contributed by atoms with Crippen LogP contribution in [0.15, 0.2) is 54.6 Å². The predicted molar refractivity (Wildman–Crippen MR) is 92.3 cm³/mol. The average molecular weight is 324 g/mol. The number of aromatic nitrogens is 3. The third-order valence-electron chi connectivity index (χ3n) is 4.13. The van der Waals surface area contributed by atoms with Crippen LogP contribution in [-0.4, -0.2) is 26.4 Å². The maximum atomic E-state index is 13.1. The van der Waals surface area contributed by atoms with Gasteiger partial charge in [-0.05, 0) is 43.3 Å². The van der Waals surface area contributed by atoms with Crippen LogP contribution in [0.3, 0.4) is 0 Å². The highest BCUT2D eigenvalue weighted by molar-refractivity contribution is 5.33. The van der Waals surface area contributed by atoms with Gasteiger partial charge in [-0.1, -0.05) is 42.5 Å². The van der Waals surface area contributed by atoms with E-state index in [9.17, 15) is 4.39 Å². The van der Waals surface area contributed by atoms with Crippen LogP contribution in [-0.2, 0) is 13.1 Å². The van der Waals surface area contributed by atoms with Gasteiger partial charge in [-0.15, -0.1) is 5.10 Å². The molecule has 1 heterocycles. The summed E-state index contributed by atoms with van der Waals surface area (Å²) < 4.78 is 14.8. The van der Waals surface area contributed by atoms with Crippen LogP contribution in [0.1, 0.15) is 23.9 Å². The summed E-state index contributed by atoms with van der Waals surface area (Å²) in [6.07, 6.45) is 0. The summed E-state index contributed by atoms with van der Waals surface area (Å²) in [6, 6.07) is 16.7. The van der Waals surface area contributed by atoms with Crippen LogP contribution in [0.25, 0.3) is 5.69 Å². The van der Waals surface area contributed by atoms with Crippen molar-refractivity contribution in [1.29, 1.82) is 0 Å². The van der Waals surface area contributed by atoms with Crippen LogP contribution in [0.4, 0.5) is 4.39 Å². The van der Waals surface area contributed by atoms with Crippen molar-refractivity contribution in [3.8, 4) is 5.69 Å². The van der Waals surface area contributed by atoms with Crippen LogP contribution >= 0.6 is 0 Å². The van der Waals surface area contributed by atoms with Gasteiger partial charge < -0.3 is 0 Å². The van der Waals surface area contributed by atoms with E-state index in [2.05, 4.69) is 46.4 Å². The highest BCUT2D eigenvalue weighted by Gasteiger charge is 2.13. The largest absolute Gasteiger partial charge is 0.293 e. The number of hydrogen-bond donors (Lipinski definition) is 0. The Balaban J connectivity index is 1.76. The SMILES string of the molecule is CCN(Cc1ccccc1)Cc1nnn(-c2ccc(F)cc2)c1C. The second kappa shape index (κ2) is 7.36. The third-order valence-corrected chi connectivity index (χ3v) is 4.13. The van der Waals surface area contributed by atoms with Gasteiger partial charge in [0.1, 0.15) is 11.5 Å². The second-order valence-corrected chi connectivity index (χ2v) is 5.80. The summed E-state index contributed by atoms with van der Waals surface area (Å²) in [5, 5.41) is 8.55. The van der Waals surface area contributed by atoms with Crippen LogP contribution in [0, 0.1) is 12.7 Å². The van der Waals surface area contributed by atoms with Gasteiger partial charge in [0.25, 0.3) is 0 Å². The maximum Gasteiger partial charge on any atom is 0.123 e. The fourth-order valence-corrected chi connectivity index (χ4v) is 2.67. The average Bonchev–Trinajstić information content (AvgIpc) is 2.96. The molecule has 0 saturated carbocycles. The number of halogens is 1. The summed E-state index contributed by atoms with van der Waals surface area (Å²) in [7, 11) is 0. The van der Waals surface area contributed by atoms with Crippen LogP contribution in [0.2, 0.25) is 0 Å². The summed E-state index contributed by atoms with van der Waals surface area (Å²) in [4.78, 5) is 2.32. The summed E-state index contributed by atoms with van der Waals surface area (Å²) >= 11 is 0. The first kappa shape index (κ1) is 16.3. The van der Waals surface area contributed by atoms with E-state index in [0.717, 1.165) is 36.7 Å². The van der Waals surface area contributed by atoms with E-state index < -0.39 is 0 Å². The van der Waals surface area contributed by atoms with Crippen LogP contribution < -0.4 is 0 Å². The monoisotopic (exact) mass is 324 g/mol. The van der Waals surface area contributed by atoms with E-state index in [1.165, 1.54) is 17.7 Å². The minimum absolute atomic E-state index is 0.253. The highest BCUT2D eigenvalue weighted by Crippen LogP contribution is 2.15. The smallest absolute Gasteiger partial charge is 0.123 e. The molecule has 0 fully saturated rings. The lowest BCUT2D eigenvalue weighted by atomic mass is 10.2. The minimum atomic E-state index is -0.253. The molecule has 5 heteroatoms. The Bertz CT molecular complexity index is 781. The van der Waals surface area contributed by atoms with Crippen molar-refractivity contribution in [1.82, 2.24) is 19.9 Å². The number of hydrogen-bond acceptors (Lipinski definition) is 3. The van der Waals surface area contributed by atoms with Gasteiger partial charge in [0.2, 0.25) is 0 Å². The fourth-order valence-electron chi connectivity index (χ4n) is 2.67. The molecule has 0 N–H and O–H groups in total. The van der Waals surface area contributed by atoms with E-state index >= 15 is 0 Å². The third kappa shape index (κ3) is 3.68. The van der Waals surface area contributed by atoms with E-state index in [0.29, 0.717) is 0 Å². The van der Waals surface area contributed by atoms with E-state index in [1.54, 1.807) is 16.8 Å². The maximum absolute atomic E-state index is 13.1. The lowest BCUT2D eigenvalue weighted by molar-refractivity contribution is 0.267. The first-order valence-corrected chi connectivity index (χ1v) is 8.10. The number of benzene rings is 2. The molecule has 1 aromatic heterocycles. The minimum Gasteiger partial charge on any atom is -0.293 e. The second-order valence-electron chi connectivity index (χ2n) is 5.80. The van der Waals surface area contributed by atoms with Crippen molar-refractivity contribution < 1.29 is 4.39 Å². The van der Waals surface area contributed by atoms with Crippen molar-refractivity contribution in [3.05, 3.63) is 77.4 Å². The van der Waals surface area contributed by atoms with Gasteiger partial charge in [-0.3, -0.25) is 4.90 Å². The molecule has 0 aliphatic carbocycles. The normalized spacial score (nSPS) is 11.2. The van der Waals surface area contributed by atoms with Crippen molar-refractivity contribution in [2.75, 3.05) is 6.54 Å². The van der Waals surface area contributed by atoms with Gasteiger partial charge in [-0.2, -0.15) is 0 Å². The predicted octanol–water partition coefficient (Wildman–Crippen LogP) is 3.74. The summed E-state index contributed by atoms with van der Waals surface area (Å²) in [6.45, 7) is 6.67. The van der Waals surface area contributed by atoms with Crippen molar-refractivity contribution in [2.45, 2.75) is 26.9 Å². The first-order valence-electron chi connectivity index (χ1n) is 8.10. The molecule has 0 aliphatic rings. The Hall–Kier alpha value is -2.53. The summed E-state index contributed by atoms with van der Waals surface area (Å²) in [5.41, 5.74) is 4.02. The lowest BCUT2D eigenvalue weighted by Crippen LogP contribution is -2.23. The van der Waals surface area contributed by atoms with Gasteiger partial charge in [-0.25, -0.2) is 9.07 Å². The zero-order valence-corrected chi connectivity index (χ0v) is 14.0. The molecule has 2 aromatic carbocycles. The Morgan fingerprint density at radius 1 is 1.00 bits per heavy atom. The molecule has 0 unspecified atom stereocenters. The van der Waals surface area contributed by atoms with E-state index in [-0.39, 0.29) is 5.82 Å². The topological polar surface area (TPSA) is 34.0 Å². The molecule has 0 amide bonds. The molecule has 0 radical (unpaired) electrons. The Morgan fingerprint density at radius 2 is 1.71 bits per heavy atom. The Kier molecular flexibility index (Phi) is 5.01. The van der Waals surface area contributed by atoms with E-state index in [1.807, 2.05) is 13.0 Å².